The van der Waals surface area contributed by atoms with Crippen LogP contribution in [0.4, 0.5) is 29.3 Å². The molecule has 36 heavy (non-hydrogen) atoms. The molecule has 1 aliphatic heterocycles. The number of benzene rings is 1. The van der Waals surface area contributed by atoms with Crippen molar-refractivity contribution in [3.63, 3.8) is 0 Å². The third-order valence-electron chi connectivity index (χ3n) is 5.07. The summed E-state index contributed by atoms with van der Waals surface area (Å²) in [5.41, 5.74) is -2.31. The van der Waals surface area contributed by atoms with Crippen molar-refractivity contribution in [1.82, 2.24) is 10.3 Å². The average molecular weight is 531 g/mol. The van der Waals surface area contributed by atoms with Gasteiger partial charge in [-0.05, 0) is 32.0 Å². The molecule has 2 atom stereocenters. The fourth-order valence-electron chi connectivity index (χ4n) is 3.06. The van der Waals surface area contributed by atoms with Crippen LogP contribution in [-0.2, 0) is 20.9 Å². The second kappa shape index (κ2) is 10.7. The van der Waals surface area contributed by atoms with E-state index >= 15 is 0 Å². The van der Waals surface area contributed by atoms with Crippen LogP contribution in [0.1, 0.15) is 20.8 Å². The summed E-state index contributed by atoms with van der Waals surface area (Å²) in [5, 5.41) is 4.91. The van der Waals surface area contributed by atoms with Crippen LogP contribution in [0.5, 0.6) is 11.6 Å². The van der Waals surface area contributed by atoms with E-state index in [0.717, 1.165) is 13.8 Å². The Morgan fingerprint density at radius 3 is 2.58 bits per heavy atom. The lowest BCUT2D eigenvalue weighted by atomic mass is 10.1. The van der Waals surface area contributed by atoms with E-state index in [9.17, 15) is 27.3 Å². The number of ether oxygens (including phenoxy) is 3. The van der Waals surface area contributed by atoms with E-state index in [1.54, 1.807) is 12.1 Å². The molecule has 0 fully saturated rings. The molecule has 2 N–H and O–H groups in total. The first kappa shape index (κ1) is 27.2. The van der Waals surface area contributed by atoms with Gasteiger partial charge < -0.3 is 24.1 Å². The number of methoxy groups -OCH3 is 1. The number of rotatable bonds is 7. The number of alkyl halides is 3. The fraction of sp³-hybridized carbons (Fsp3) is 0.409. The molecule has 0 saturated carbocycles. The maximum atomic E-state index is 13.5. The molecule has 10 nitrogen and oxygen atoms in total. The van der Waals surface area contributed by atoms with Crippen LogP contribution in [-0.4, -0.2) is 59.6 Å². The number of nitrogens with one attached hydrogen (secondary N) is 2. The zero-order valence-corrected chi connectivity index (χ0v) is 20.7. The Balaban J connectivity index is 1.88. The number of pyridine rings is 1. The number of halogens is 3. The lowest BCUT2D eigenvalue weighted by Gasteiger charge is -2.35. The predicted octanol–water partition coefficient (Wildman–Crippen LogP) is 3.41. The third kappa shape index (κ3) is 6.43. The quantitative estimate of drug-likeness (QED) is 0.522. The molecule has 0 unspecified atom stereocenters. The summed E-state index contributed by atoms with van der Waals surface area (Å²) in [5.74, 6) is 0.352. The summed E-state index contributed by atoms with van der Waals surface area (Å²) in [6.07, 6.45) is -5.26. The number of aromatic nitrogens is 1. The van der Waals surface area contributed by atoms with E-state index in [4.69, 9.17) is 9.47 Å². The van der Waals surface area contributed by atoms with Crippen molar-refractivity contribution in [1.29, 1.82) is 0 Å². The first-order chi connectivity index (χ1) is 16.8. The van der Waals surface area contributed by atoms with Gasteiger partial charge in [0.15, 0.2) is 4.90 Å². The zero-order valence-electron chi connectivity index (χ0n) is 19.8. The molecule has 2 heterocycles. The molecule has 3 rings (SSSR count). The lowest BCUT2D eigenvalue weighted by Crippen LogP contribution is -2.48. The van der Waals surface area contributed by atoms with Crippen LogP contribution in [0.15, 0.2) is 41.4 Å². The lowest BCUT2D eigenvalue weighted by molar-refractivity contribution is -0.242. The highest BCUT2D eigenvalue weighted by Crippen LogP contribution is 2.39. The van der Waals surface area contributed by atoms with Gasteiger partial charge in [-0.2, -0.15) is 17.5 Å². The molecule has 196 valence electrons. The van der Waals surface area contributed by atoms with Gasteiger partial charge in [0.1, 0.15) is 35.4 Å². The number of fused-ring (bicyclic) bond motifs is 1. The second-order valence-electron chi connectivity index (χ2n) is 8.23. The molecule has 2 aromatic rings. The van der Waals surface area contributed by atoms with Crippen LogP contribution in [0.25, 0.3) is 0 Å². The van der Waals surface area contributed by atoms with Crippen molar-refractivity contribution in [2.24, 2.45) is 0 Å². The topological polar surface area (TPSA) is 125 Å². The Morgan fingerprint density at radius 2 is 2.00 bits per heavy atom. The van der Waals surface area contributed by atoms with Gasteiger partial charge in [0, 0.05) is 24.7 Å². The third-order valence-corrected chi connectivity index (χ3v) is 6.46. The Morgan fingerprint density at radius 1 is 1.28 bits per heavy atom. The number of nitrogens with zero attached hydrogens (tertiary/aromatic N) is 2. The monoisotopic (exact) mass is 530 g/mol. The molecule has 0 bridgehead atoms. The van der Waals surface area contributed by atoms with E-state index in [-0.39, 0.29) is 24.7 Å². The first-order valence-electron chi connectivity index (χ1n) is 10.6. The van der Waals surface area contributed by atoms with Crippen LogP contribution in [0.3, 0.4) is 0 Å². The largest absolute Gasteiger partial charge is 0.588 e. The van der Waals surface area contributed by atoms with Crippen LogP contribution < -0.4 is 24.4 Å². The standard InChI is InChI=1S/C22H25F3N4O6S/c1-13(30)26-10-15-12-29(36(32)16-6-8-19(33-4)27-11-16)17-9-14(5-7-18(17)34-15)28-20(31)35-21(2,3)22(23,24)25/h5-9,11,15H,10,12H2,1-4H3,(H,26,30)(H,28,31)/t15-,36+/m0/s1. The van der Waals surface area contributed by atoms with E-state index in [1.165, 1.54) is 42.7 Å². The van der Waals surface area contributed by atoms with Gasteiger partial charge in [-0.25, -0.2) is 9.78 Å². The Labute approximate surface area is 208 Å². The molecule has 2 amide bonds. The molecule has 0 aliphatic carbocycles. The molecule has 1 aliphatic rings. The highest BCUT2D eigenvalue weighted by molar-refractivity contribution is 7.92. The maximum absolute atomic E-state index is 13.5. The van der Waals surface area contributed by atoms with E-state index < -0.39 is 35.3 Å². The number of anilines is 2. The number of amides is 2. The summed E-state index contributed by atoms with van der Waals surface area (Å²) >= 11 is -1.80. The molecule has 0 radical (unpaired) electrons. The van der Waals surface area contributed by atoms with Crippen molar-refractivity contribution < 1.29 is 41.5 Å². The summed E-state index contributed by atoms with van der Waals surface area (Å²) in [6.45, 7) is 3.04. The minimum atomic E-state index is -4.77. The SMILES string of the molecule is COc1ccc([S@@+]([O-])N2C[C@H](CNC(C)=O)Oc3ccc(NC(=O)OC(C)(C)C(F)(F)F)cc32)cn1. The molecule has 14 heteroatoms. The predicted molar refractivity (Wildman–Crippen MR) is 124 cm³/mol. The molecule has 0 spiro atoms. The van der Waals surface area contributed by atoms with Gasteiger partial charge in [0.2, 0.25) is 17.4 Å². The van der Waals surface area contributed by atoms with Gasteiger partial charge in [-0.1, -0.05) is 0 Å². The molecule has 0 saturated heterocycles. The number of carbonyl (C=O) groups excluding carboxylic acids is 2. The van der Waals surface area contributed by atoms with Gasteiger partial charge in [0.05, 0.1) is 19.9 Å². The van der Waals surface area contributed by atoms with Crippen molar-refractivity contribution >= 4 is 34.7 Å². The minimum Gasteiger partial charge on any atom is -0.588 e. The highest BCUT2D eigenvalue weighted by Gasteiger charge is 2.51. The average Bonchev–Trinajstić information content (AvgIpc) is 2.80. The zero-order chi connectivity index (χ0) is 26.7. The Bertz CT molecular complexity index is 1100. The van der Waals surface area contributed by atoms with Crippen molar-refractivity contribution in [3.05, 3.63) is 36.5 Å². The van der Waals surface area contributed by atoms with Crippen LogP contribution in [0.2, 0.25) is 0 Å². The van der Waals surface area contributed by atoms with E-state index in [2.05, 4.69) is 20.4 Å². The summed E-state index contributed by atoms with van der Waals surface area (Å²) in [6, 6.07) is 7.38. The summed E-state index contributed by atoms with van der Waals surface area (Å²) in [4.78, 5) is 27.9. The molecular formula is C22H25F3N4O6S. The van der Waals surface area contributed by atoms with Crippen molar-refractivity contribution in [3.8, 4) is 11.6 Å². The summed E-state index contributed by atoms with van der Waals surface area (Å²) < 4.78 is 69.6. The Kier molecular flexibility index (Phi) is 8.09. The molecular weight excluding hydrogens is 505 g/mol. The van der Waals surface area contributed by atoms with Gasteiger partial charge in [0.25, 0.3) is 0 Å². The van der Waals surface area contributed by atoms with E-state index in [0.29, 0.717) is 22.2 Å². The van der Waals surface area contributed by atoms with Crippen LogP contribution >= 0.6 is 0 Å². The first-order valence-corrected chi connectivity index (χ1v) is 11.7. The van der Waals surface area contributed by atoms with Gasteiger partial charge in [-0.3, -0.25) is 10.1 Å². The minimum absolute atomic E-state index is 0.0843. The highest BCUT2D eigenvalue weighted by atomic mass is 32.2. The van der Waals surface area contributed by atoms with Gasteiger partial charge in [-0.15, -0.1) is 0 Å². The molecule has 1 aromatic carbocycles. The van der Waals surface area contributed by atoms with Crippen molar-refractivity contribution in [2.45, 2.75) is 43.5 Å². The van der Waals surface area contributed by atoms with Crippen LogP contribution in [0, 0.1) is 0 Å². The number of hydrogen-bond donors (Lipinski definition) is 2. The number of hydrogen-bond acceptors (Lipinski definition) is 8. The van der Waals surface area contributed by atoms with E-state index in [1.807, 2.05) is 0 Å². The fourth-order valence-corrected chi connectivity index (χ4v) is 4.27. The number of carbonyl (C=O) groups is 2. The van der Waals surface area contributed by atoms with Gasteiger partial charge >= 0.3 is 12.3 Å². The normalized spacial score (nSPS) is 16.3. The second-order valence-corrected chi connectivity index (χ2v) is 9.64. The molecule has 1 aromatic heterocycles. The maximum Gasteiger partial charge on any atom is 0.427 e. The summed E-state index contributed by atoms with van der Waals surface area (Å²) in [7, 11) is 1.44. The smallest absolute Gasteiger partial charge is 0.427 e. The van der Waals surface area contributed by atoms with Crippen molar-refractivity contribution in [2.75, 3.05) is 29.8 Å². The Hall–Kier alpha value is -3.39.